The molecule has 4 N–H and O–H groups in total. The monoisotopic (exact) mass is 318 g/mol. The highest BCUT2D eigenvalue weighted by Crippen LogP contribution is 2.16. The van der Waals surface area contributed by atoms with Gasteiger partial charge in [0, 0.05) is 11.1 Å². The summed E-state index contributed by atoms with van der Waals surface area (Å²) in [5.41, 5.74) is -0.00258. The van der Waals surface area contributed by atoms with Crippen molar-refractivity contribution in [3.8, 4) is 0 Å². The normalized spacial score (nSPS) is 16.1. The van der Waals surface area contributed by atoms with Crippen LogP contribution < -0.4 is 0 Å². The molecule has 0 aliphatic heterocycles. The highest BCUT2D eigenvalue weighted by Gasteiger charge is 2.39. The average Bonchev–Trinajstić information content (AvgIpc) is 2.48. The fourth-order valence-electron chi connectivity index (χ4n) is 1.39. The van der Waals surface area contributed by atoms with Crippen LogP contribution in [-0.2, 0) is 19.1 Å². The molecule has 0 aliphatic carbocycles. The van der Waals surface area contributed by atoms with Gasteiger partial charge in [0.25, 0.3) is 0 Å². The zero-order valence-electron chi connectivity index (χ0n) is 12.6. The van der Waals surface area contributed by atoms with E-state index in [1.165, 1.54) is 13.8 Å². The summed E-state index contributed by atoms with van der Waals surface area (Å²) in [6.45, 7) is 7.76. The van der Waals surface area contributed by atoms with Gasteiger partial charge in [-0.25, -0.2) is 9.59 Å². The summed E-state index contributed by atoms with van der Waals surface area (Å²) in [5.74, 6) is -1.84. The molecule has 0 unspecified atom stereocenters. The summed E-state index contributed by atoms with van der Waals surface area (Å²) in [6.07, 6.45) is -6.49. The smallest absolute Gasteiger partial charge is 0.333 e. The first-order valence-electron chi connectivity index (χ1n) is 6.46. The first-order valence-corrected chi connectivity index (χ1v) is 6.46. The molecule has 0 rings (SSSR count). The topological polar surface area (TPSA) is 134 Å². The number of ether oxygens (including phenoxy) is 2. The van der Waals surface area contributed by atoms with Crippen LogP contribution in [-0.4, -0.2) is 70.0 Å². The second-order valence-corrected chi connectivity index (χ2v) is 4.80. The van der Waals surface area contributed by atoms with E-state index in [1.807, 2.05) is 0 Å². The minimum absolute atomic E-state index is 0.00129. The van der Waals surface area contributed by atoms with E-state index in [9.17, 15) is 19.8 Å². The maximum absolute atomic E-state index is 11.6. The van der Waals surface area contributed by atoms with Gasteiger partial charge in [0.1, 0.15) is 12.2 Å². The maximum atomic E-state index is 11.6. The molecule has 0 spiro atoms. The summed E-state index contributed by atoms with van der Waals surface area (Å²) >= 11 is 0. The Kier molecular flexibility index (Phi) is 8.58. The zero-order valence-corrected chi connectivity index (χ0v) is 12.6. The van der Waals surface area contributed by atoms with Crippen molar-refractivity contribution in [2.75, 3.05) is 13.2 Å². The quantitative estimate of drug-likeness (QED) is 0.303. The number of hydrogen-bond acceptors (Lipinski definition) is 8. The number of carbonyl (C=O) groups is 2. The van der Waals surface area contributed by atoms with Crippen LogP contribution in [0.3, 0.4) is 0 Å². The predicted molar refractivity (Wildman–Crippen MR) is 75.6 cm³/mol. The van der Waals surface area contributed by atoms with Crippen LogP contribution in [0.25, 0.3) is 0 Å². The fraction of sp³-hybridized carbons (Fsp3) is 0.571. The number of rotatable bonds is 9. The van der Waals surface area contributed by atoms with Gasteiger partial charge >= 0.3 is 11.9 Å². The van der Waals surface area contributed by atoms with E-state index < -0.39 is 49.6 Å². The van der Waals surface area contributed by atoms with Crippen molar-refractivity contribution < 1.29 is 39.5 Å². The summed E-state index contributed by atoms with van der Waals surface area (Å²) in [5, 5.41) is 37.6. The lowest BCUT2D eigenvalue weighted by Gasteiger charge is -2.32. The van der Waals surface area contributed by atoms with Crippen LogP contribution in [0.5, 0.6) is 0 Å². The molecule has 0 fully saturated rings. The highest BCUT2D eigenvalue weighted by atomic mass is 16.6. The second kappa shape index (κ2) is 9.31. The van der Waals surface area contributed by atoms with Gasteiger partial charge in [-0.1, -0.05) is 13.2 Å². The van der Waals surface area contributed by atoms with Gasteiger partial charge in [0.2, 0.25) is 0 Å². The molecule has 0 bridgehead atoms. The maximum Gasteiger partial charge on any atom is 0.333 e. The molecule has 0 saturated heterocycles. The van der Waals surface area contributed by atoms with Crippen molar-refractivity contribution in [3.63, 3.8) is 0 Å². The minimum atomic E-state index is -1.65. The standard InChI is InChI=1S/C14H22O8/c1-7(2)13(19)21-11(9(17)5-15)12(10(18)6-16)22-14(20)8(3)4/h9-12,15-18H,1,3,5-6H2,2,4H3/t9-,10-,11-,12-/m1/s1. The number of aliphatic hydroxyl groups excluding tert-OH is 4. The Morgan fingerprint density at radius 1 is 0.864 bits per heavy atom. The fourth-order valence-corrected chi connectivity index (χ4v) is 1.39. The van der Waals surface area contributed by atoms with E-state index in [0.717, 1.165) is 0 Å². The van der Waals surface area contributed by atoms with Crippen LogP contribution >= 0.6 is 0 Å². The van der Waals surface area contributed by atoms with Gasteiger partial charge in [0.05, 0.1) is 13.2 Å². The summed E-state index contributed by atoms with van der Waals surface area (Å²) < 4.78 is 9.81. The third-order valence-corrected chi connectivity index (χ3v) is 2.64. The SMILES string of the molecule is C=C(C)C(=O)O[C@@H]([C@H](OC(=O)C(=C)C)[C@H](O)CO)[C@H](O)CO. The molecule has 0 aromatic rings. The first kappa shape index (κ1) is 20.3. The molecule has 22 heavy (non-hydrogen) atoms. The first-order chi connectivity index (χ1) is 10.1. The lowest BCUT2D eigenvalue weighted by Crippen LogP contribution is -2.51. The van der Waals surface area contributed by atoms with E-state index in [2.05, 4.69) is 13.2 Å². The molecule has 4 atom stereocenters. The molecule has 0 radical (unpaired) electrons. The third-order valence-electron chi connectivity index (χ3n) is 2.64. The Labute approximate surface area is 128 Å². The van der Waals surface area contributed by atoms with Crippen LogP contribution in [0.2, 0.25) is 0 Å². The van der Waals surface area contributed by atoms with E-state index in [1.54, 1.807) is 0 Å². The van der Waals surface area contributed by atoms with Crippen molar-refractivity contribution in [1.29, 1.82) is 0 Å². The Hall–Kier alpha value is -1.74. The molecule has 0 saturated carbocycles. The molecule has 0 aliphatic rings. The van der Waals surface area contributed by atoms with Crippen molar-refractivity contribution in [2.24, 2.45) is 0 Å². The summed E-state index contributed by atoms with van der Waals surface area (Å²) in [6, 6.07) is 0. The van der Waals surface area contributed by atoms with Crippen molar-refractivity contribution >= 4 is 11.9 Å². The van der Waals surface area contributed by atoms with Crippen LogP contribution in [0.4, 0.5) is 0 Å². The van der Waals surface area contributed by atoms with E-state index in [4.69, 9.17) is 19.7 Å². The summed E-state index contributed by atoms with van der Waals surface area (Å²) in [7, 11) is 0. The van der Waals surface area contributed by atoms with Crippen LogP contribution in [0.15, 0.2) is 24.3 Å². The number of hydrogen-bond donors (Lipinski definition) is 4. The Balaban J connectivity index is 5.43. The molecule has 126 valence electrons. The summed E-state index contributed by atoms with van der Waals surface area (Å²) in [4.78, 5) is 23.2. The van der Waals surface area contributed by atoms with Crippen LogP contribution in [0.1, 0.15) is 13.8 Å². The largest absolute Gasteiger partial charge is 0.452 e. The molecule has 0 amide bonds. The molecular formula is C14H22O8. The highest BCUT2D eigenvalue weighted by molar-refractivity contribution is 5.88. The molecule has 0 aromatic heterocycles. The van der Waals surface area contributed by atoms with E-state index in [0.29, 0.717) is 0 Å². The molecule has 8 nitrogen and oxygen atoms in total. The third kappa shape index (κ3) is 5.94. The predicted octanol–water partition coefficient (Wildman–Crippen LogP) is -1.33. The lowest BCUT2D eigenvalue weighted by molar-refractivity contribution is -0.188. The second-order valence-electron chi connectivity index (χ2n) is 4.80. The van der Waals surface area contributed by atoms with Gasteiger partial charge in [-0.15, -0.1) is 0 Å². The van der Waals surface area contributed by atoms with Gasteiger partial charge < -0.3 is 29.9 Å². The van der Waals surface area contributed by atoms with E-state index >= 15 is 0 Å². The molecular weight excluding hydrogens is 296 g/mol. The number of esters is 2. The minimum Gasteiger partial charge on any atom is -0.452 e. The molecule has 8 heteroatoms. The Morgan fingerprint density at radius 3 is 1.32 bits per heavy atom. The molecule has 0 aromatic carbocycles. The average molecular weight is 318 g/mol. The van der Waals surface area contributed by atoms with Gasteiger partial charge in [-0.3, -0.25) is 0 Å². The van der Waals surface area contributed by atoms with Gasteiger partial charge in [-0.05, 0) is 13.8 Å². The van der Waals surface area contributed by atoms with Crippen LogP contribution in [0, 0.1) is 0 Å². The van der Waals surface area contributed by atoms with Gasteiger partial charge in [-0.2, -0.15) is 0 Å². The van der Waals surface area contributed by atoms with Crippen molar-refractivity contribution in [2.45, 2.75) is 38.3 Å². The van der Waals surface area contributed by atoms with E-state index in [-0.39, 0.29) is 11.1 Å². The number of carbonyl (C=O) groups excluding carboxylic acids is 2. The lowest BCUT2D eigenvalue weighted by atomic mass is 10.0. The Bertz CT molecular complexity index is 391. The Morgan fingerprint density at radius 2 is 1.14 bits per heavy atom. The zero-order chi connectivity index (χ0) is 17.4. The number of aliphatic hydroxyl groups is 4. The van der Waals surface area contributed by atoms with Gasteiger partial charge in [0.15, 0.2) is 12.2 Å². The molecule has 0 heterocycles. The van der Waals surface area contributed by atoms with Crippen molar-refractivity contribution in [1.82, 2.24) is 0 Å². The van der Waals surface area contributed by atoms with Crippen molar-refractivity contribution in [3.05, 3.63) is 24.3 Å².